The molecule has 8 heteroatoms. The molecule has 128 valence electrons. The van der Waals surface area contributed by atoms with Gasteiger partial charge in [0.15, 0.2) is 5.69 Å². The van der Waals surface area contributed by atoms with Crippen LogP contribution in [0.4, 0.5) is 5.69 Å². The van der Waals surface area contributed by atoms with E-state index in [0.717, 1.165) is 11.1 Å². The number of carbonyl (C=O) groups is 1. The van der Waals surface area contributed by atoms with E-state index in [-0.39, 0.29) is 5.69 Å². The third-order valence-electron chi connectivity index (χ3n) is 3.59. The average Bonchev–Trinajstić information content (AvgIpc) is 3.01. The lowest BCUT2D eigenvalue weighted by atomic mass is 10.1. The van der Waals surface area contributed by atoms with Crippen molar-refractivity contribution in [3.8, 4) is 16.9 Å². The molecule has 2 aromatic carbocycles. The van der Waals surface area contributed by atoms with E-state index >= 15 is 0 Å². The molecule has 1 heterocycles. The van der Waals surface area contributed by atoms with Crippen molar-refractivity contribution in [1.29, 1.82) is 0 Å². The van der Waals surface area contributed by atoms with E-state index in [1.807, 2.05) is 31.2 Å². The summed E-state index contributed by atoms with van der Waals surface area (Å²) in [6.07, 6.45) is 0. The Morgan fingerprint density at radius 2 is 1.80 bits per heavy atom. The van der Waals surface area contributed by atoms with Crippen molar-refractivity contribution >= 4 is 22.9 Å². The summed E-state index contributed by atoms with van der Waals surface area (Å²) < 4.78 is 25.1. The number of benzene rings is 2. The second-order valence-electron chi connectivity index (χ2n) is 5.38. The van der Waals surface area contributed by atoms with Crippen LogP contribution in [0.2, 0.25) is 0 Å². The highest BCUT2D eigenvalue weighted by Crippen LogP contribution is 2.25. The lowest BCUT2D eigenvalue weighted by Crippen LogP contribution is -2.04. The van der Waals surface area contributed by atoms with Crippen molar-refractivity contribution in [1.82, 2.24) is 9.78 Å². The molecule has 1 unspecified atom stereocenters. The summed E-state index contributed by atoms with van der Waals surface area (Å²) in [6.45, 7) is 1.97. The van der Waals surface area contributed by atoms with Gasteiger partial charge in [0, 0.05) is 22.5 Å². The summed E-state index contributed by atoms with van der Waals surface area (Å²) >= 11 is -2.41. The molecular formula is C17H14N3O4S-. The zero-order valence-electron chi connectivity index (χ0n) is 13.2. The first kappa shape index (κ1) is 16.9. The van der Waals surface area contributed by atoms with E-state index in [9.17, 15) is 18.7 Å². The maximum absolute atomic E-state index is 11.3. The number of aromatic nitrogens is 2. The minimum atomic E-state index is -2.41. The second-order valence-corrected chi connectivity index (χ2v) is 6.05. The molecule has 0 saturated heterocycles. The van der Waals surface area contributed by atoms with Crippen molar-refractivity contribution < 1.29 is 18.7 Å². The first-order valence-corrected chi connectivity index (χ1v) is 8.38. The molecule has 0 radical (unpaired) electrons. The molecule has 3 aromatic rings. The Morgan fingerprint density at radius 3 is 2.36 bits per heavy atom. The predicted octanol–water partition coefficient (Wildman–Crippen LogP) is 2.75. The van der Waals surface area contributed by atoms with Gasteiger partial charge in [-0.1, -0.05) is 29.8 Å². The highest BCUT2D eigenvalue weighted by molar-refractivity contribution is 7.80. The first-order chi connectivity index (χ1) is 11.9. The lowest BCUT2D eigenvalue weighted by Gasteiger charge is -2.11. The van der Waals surface area contributed by atoms with Crippen LogP contribution in [0.25, 0.3) is 16.9 Å². The number of rotatable bonds is 5. The van der Waals surface area contributed by atoms with Crippen LogP contribution < -0.4 is 4.72 Å². The minimum absolute atomic E-state index is 0.0709. The fourth-order valence-electron chi connectivity index (χ4n) is 2.38. The topological polar surface area (TPSA) is 107 Å². The van der Waals surface area contributed by atoms with Gasteiger partial charge in [0.05, 0.1) is 11.4 Å². The molecule has 0 aliphatic rings. The van der Waals surface area contributed by atoms with Crippen molar-refractivity contribution in [3.63, 3.8) is 0 Å². The van der Waals surface area contributed by atoms with Crippen LogP contribution in [-0.2, 0) is 11.3 Å². The number of aryl methyl sites for hydroxylation is 1. The fraction of sp³-hybridized carbons (Fsp3) is 0.0588. The predicted molar refractivity (Wildman–Crippen MR) is 93.2 cm³/mol. The molecule has 2 N–H and O–H groups in total. The third-order valence-corrected chi connectivity index (χ3v) is 3.99. The molecule has 25 heavy (non-hydrogen) atoms. The molecule has 0 bridgehead atoms. The van der Waals surface area contributed by atoms with Gasteiger partial charge in [-0.2, -0.15) is 5.10 Å². The number of hydrogen-bond donors (Lipinski definition) is 2. The van der Waals surface area contributed by atoms with E-state index in [1.54, 1.807) is 24.3 Å². The normalized spacial score (nSPS) is 11.9. The van der Waals surface area contributed by atoms with Crippen LogP contribution in [0.3, 0.4) is 0 Å². The van der Waals surface area contributed by atoms with E-state index in [2.05, 4.69) is 9.82 Å². The fourth-order valence-corrected chi connectivity index (χ4v) is 2.71. The number of hydrogen-bond acceptors (Lipinski definition) is 4. The average molecular weight is 356 g/mol. The van der Waals surface area contributed by atoms with E-state index in [0.29, 0.717) is 17.1 Å². The van der Waals surface area contributed by atoms with Crippen molar-refractivity contribution in [2.24, 2.45) is 0 Å². The molecule has 7 nitrogen and oxygen atoms in total. The zero-order chi connectivity index (χ0) is 18.0. The Balaban J connectivity index is 2.06. The number of nitrogens with one attached hydrogen (secondary N) is 1. The van der Waals surface area contributed by atoms with Crippen LogP contribution in [0.1, 0.15) is 16.1 Å². The Morgan fingerprint density at radius 1 is 1.16 bits per heavy atom. The van der Waals surface area contributed by atoms with Gasteiger partial charge in [-0.05, 0) is 37.3 Å². The largest absolute Gasteiger partial charge is 0.755 e. The SMILES string of the molecule is Cc1ccc(-c2cc(C(=O)O)nn2-c2ccc(NS(=O)[O-])cc2)cc1. The molecule has 0 saturated carbocycles. The Hall–Kier alpha value is -2.97. The smallest absolute Gasteiger partial charge is 0.356 e. The summed E-state index contributed by atoms with van der Waals surface area (Å²) in [5.74, 6) is -1.12. The van der Waals surface area contributed by atoms with Crippen LogP contribution in [0.5, 0.6) is 0 Å². The Bertz CT molecular complexity index is 934. The Kier molecular flexibility index (Phi) is 4.64. The maximum atomic E-state index is 11.3. The van der Waals surface area contributed by atoms with Gasteiger partial charge in [-0.15, -0.1) is 0 Å². The van der Waals surface area contributed by atoms with Gasteiger partial charge in [0.25, 0.3) is 0 Å². The second kappa shape index (κ2) is 6.88. The molecule has 0 aliphatic heterocycles. The number of carboxylic acid groups (broad SMARTS) is 1. The molecule has 1 aromatic heterocycles. The quantitative estimate of drug-likeness (QED) is 0.684. The van der Waals surface area contributed by atoms with Crippen molar-refractivity contribution in [2.45, 2.75) is 6.92 Å². The van der Waals surface area contributed by atoms with Crippen LogP contribution in [-0.4, -0.2) is 29.6 Å². The molecule has 1 atom stereocenters. The van der Waals surface area contributed by atoms with Gasteiger partial charge >= 0.3 is 5.97 Å². The van der Waals surface area contributed by atoms with Crippen LogP contribution >= 0.6 is 0 Å². The summed E-state index contributed by atoms with van der Waals surface area (Å²) in [4.78, 5) is 11.3. The number of nitrogens with zero attached hydrogens (tertiary/aromatic N) is 2. The monoisotopic (exact) mass is 356 g/mol. The van der Waals surface area contributed by atoms with Gasteiger partial charge in [0.1, 0.15) is 0 Å². The van der Waals surface area contributed by atoms with Gasteiger partial charge in [-0.25, -0.2) is 9.48 Å². The van der Waals surface area contributed by atoms with Crippen LogP contribution in [0.15, 0.2) is 54.6 Å². The molecule has 0 fully saturated rings. The highest BCUT2D eigenvalue weighted by atomic mass is 32.2. The van der Waals surface area contributed by atoms with Crippen molar-refractivity contribution in [2.75, 3.05) is 4.72 Å². The first-order valence-electron chi connectivity index (χ1n) is 7.31. The molecule has 0 aliphatic carbocycles. The van der Waals surface area contributed by atoms with Gasteiger partial charge in [0.2, 0.25) is 0 Å². The summed E-state index contributed by atoms with van der Waals surface area (Å²) in [7, 11) is 0. The van der Waals surface area contributed by atoms with Crippen molar-refractivity contribution in [3.05, 3.63) is 65.9 Å². The number of carboxylic acids is 1. The van der Waals surface area contributed by atoms with Gasteiger partial charge in [-0.3, -0.25) is 4.21 Å². The summed E-state index contributed by atoms with van der Waals surface area (Å²) in [5.41, 5.74) is 3.50. The highest BCUT2D eigenvalue weighted by Gasteiger charge is 2.16. The molecule has 0 spiro atoms. The van der Waals surface area contributed by atoms with Gasteiger partial charge < -0.3 is 14.4 Å². The number of aromatic carboxylic acids is 1. The van der Waals surface area contributed by atoms with Crippen LogP contribution in [0, 0.1) is 6.92 Å². The van der Waals surface area contributed by atoms with E-state index in [1.165, 1.54) is 10.7 Å². The van der Waals surface area contributed by atoms with E-state index in [4.69, 9.17) is 0 Å². The lowest BCUT2D eigenvalue weighted by molar-refractivity contribution is 0.0690. The standard InChI is InChI=1S/C17H15N3O4S/c1-11-2-4-12(5-3-11)16-10-15(17(21)22)18-20(16)14-8-6-13(7-9-14)19-25(23)24/h2-10,19H,1H3,(H,21,22)(H,23,24)/p-1. The number of anilines is 1. The molecule has 3 rings (SSSR count). The zero-order valence-corrected chi connectivity index (χ0v) is 14.0. The van der Waals surface area contributed by atoms with E-state index < -0.39 is 17.2 Å². The maximum Gasteiger partial charge on any atom is 0.356 e. The summed E-state index contributed by atoms with van der Waals surface area (Å²) in [5, 5.41) is 13.4. The molecule has 0 amide bonds. The minimum Gasteiger partial charge on any atom is -0.755 e. The summed E-state index contributed by atoms with van der Waals surface area (Å²) in [6, 6.07) is 15.6. The third kappa shape index (κ3) is 3.76. The molecular weight excluding hydrogens is 342 g/mol. The Labute approximate surface area is 146 Å².